The Kier molecular flexibility index (Phi) is 5.16. The van der Waals surface area contributed by atoms with Gasteiger partial charge in [-0.2, -0.15) is 4.31 Å². The summed E-state index contributed by atoms with van der Waals surface area (Å²) >= 11 is 0. The average Bonchev–Trinajstić information content (AvgIpc) is 3.13. The zero-order valence-electron chi connectivity index (χ0n) is 15.5. The van der Waals surface area contributed by atoms with Gasteiger partial charge in [-0.05, 0) is 44.0 Å². The van der Waals surface area contributed by atoms with E-state index >= 15 is 0 Å². The first-order chi connectivity index (χ1) is 13.1. The highest BCUT2D eigenvalue weighted by molar-refractivity contribution is 7.89. The Hall–Kier alpha value is -1.97. The molecule has 27 heavy (non-hydrogen) atoms. The highest BCUT2D eigenvalue weighted by atomic mass is 32.2. The van der Waals surface area contributed by atoms with Crippen molar-refractivity contribution in [1.29, 1.82) is 0 Å². The lowest BCUT2D eigenvalue weighted by molar-refractivity contribution is 0.307. The van der Waals surface area contributed by atoms with Crippen molar-refractivity contribution in [2.75, 3.05) is 26.2 Å². The summed E-state index contributed by atoms with van der Waals surface area (Å²) < 4.78 is 35.0. The second kappa shape index (κ2) is 7.57. The molecule has 2 aromatic rings. The molecule has 0 amide bonds. The third-order valence-electron chi connectivity index (χ3n) is 5.24. The van der Waals surface area contributed by atoms with E-state index in [1.54, 1.807) is 28.6 Å². The van der Waals surface area contributed by atoms with Crippen LogP contribution in [0, 0.1) is 0 Å². The maximum atomic E-state index is 12.9. The fourth-order valence-electron chi connectivity index (χ4n) is 3.79. The van der Waals surface area contributed by atoms with E-state index in [1.807, 2.05) is 6.92 Å². The quantitative estimate of drug-likeness (QED) is 0.828. The largest absolute Gasteiger partial charge is 0.494 e. The topological polar surface area (TPSA) is 89.4 Å². The number of sulfonamides is 1. The Balaban J connectivity index is 1.44. The molecule has 4 rings (SSSR count). The van der Waals surface area contributed by atoms with Crippen molar-refractivity contribution in [3.05, 3.63) is 35.9 Å². The molecule has 1 saturated heterocycles. The molecule has 0 bridgehead atoms. The number of fused-ring (bicyclic) bond motifs is 1. The van der Waals surface area contributed by atoms with Gasteiger partial charge in [-0.3, -0.25) is 0 Å². The van der Waals surface area contributed by atoms with Gasteiger partial charge in [-0.25, -0.2) is 8.42 Å². The van der Waals surface area contributed by atoms with Crippen molar-refractivity contribution in [3.63, 3.8) is 0 Å². The highest BCUT2D eigenvalue weighted by Gasteiger charge is 2.32. The average molecular weight is 391 g/mol. The second-order valence-corrected chi connectivity index (χ2v) is 8.82. The van der Waals surface area contributed by atoms with E-state index in [0.717, 1.165) is 44.1 Å². The van der Waals surface area contributed by atoms with Crippen LogP contribution >= 0.6 is 0 Å². The summed E-state index contributed by atoms with van der Waals surface area (Å²) in [5.41, 5.74) is 0. The number of piperidine rings is 1. The number of aromatic nitrogens is 3. The van der Waals surface area contributed by atoms with Crippen LogP contribution in [0.15, 0.2) is 29.2 Å². The van der Waals surface area contributed by atoms with Gasteiger partial charge in [0.1, 0.15) is 17.4 Å². The van der Waals surface area contributed by atoms with Gasteiger partial charge in [0.05, 0.1) is 18.0 Å². The lowest BCUT2D eigenvalue weighted by Gasteiger charge is -2.31. The lowest BCUT2D eigenvalue weighted by atomic mass is 9.97. The standard InChI is InChI=1S/C18H25N5O3S/c1-2-26-15-3-5-16(6-4-15)27(24,25)22-10-7-14(8-11-22)18-21-20-17-13-19-9-12-23(17)18/h3-6,14,19H,2,7-13H2,1H3. The fourth-order valence-corrected chi connectivity index (χ4v) is 5.26. The summed E-state index contributed by atoms with van der Waals surface area (Å²) in [7, 11) is -3.48. The molecule has 0 saturated carbocycles. The monoisotopic (exact) mass is 391 g/mol. The molecule has 1 fully saturated rings. The van der Waals surface area contributed by atoms with E-state index in [0.29, 0.717) is 30.3 Å². The summed E-state index contributed by atoms with van der Waals surface area (Å²) in [6.07, 6.45) is 1.53. The van der Waals surface area contributed by atoms with E-state index in [2.05, 4.69) is 20.1 Å². The van der Waals surface area contributed by atoms with Gasteiger partial charge in [-0.1, -0.05) is 0 Å². The van der Waals surface area contributed by atoms with Gasteiger partial charge in [0.15, 0.2) is 0 Å². The predicted octanol–water partition coefficient (Wildman–Crippen LogP) is 1.35. The van der Waals surface area contributed by atoms with Crippen LogP contribution in [-0.4, -0.2) is 53.7 Å². The molecule has 1 aromatic carbocycles. The molecule has 2 aliphatic heterocycles. The molecule has 0 radical (unpaired) electrons. The Labute approximate surface area is 159 Å². The molecule has 1 aromatic heterocycles. The molecule has 0 unspecified atom stereocenters. The summed E-state index contributed by atoms with van der Waals surface area (Å²) in [5, 5.41) is 12.0. The normalized spacial score (nSPS) is 19.0. The van der Waals surface area contributed by atoms with Crippen molar-refractivity contribution < 1.29 is 13.2 Å². The summed E-state index contributed by atoms with van der Waals surface area (Å²) in [6, 6.07) is 6.65. The molecule has 1 N–H and O–H groups in total. The highest BCUT2D eigenvalue weighted by Crippen LogP contribution is 2.31. The van der Waals surface area contributed by atoms with Crippen molar-refractivity contribution in [2.24, 2.45) is 0 Å². The zero-order chi connectivity index (χ0) is 18.9. The van der Waals surface area contributed by atoms with E-state index < -0.39 is 10.0 Å². The van der Waals surface area contributed by atoms with Crippen molar-refractivity contribution >= 4 is 10.0 Å². The molecule has 8 nitrogen and oxygen atoms in total. The maximum absolute atomic E-state index is 12.9. The number of rotatable bonds is 5. The van der Waals surface area contributed by atoms with E-state index in [4.69, 9.17) is 4.74 Å². The molecular weight excluding hydrogens is 366 g/mol. The minimum Gasteiger partial charge on any atom is -0.494 e. The van der Waals surface area contributed by atoms with Crippen LogP contribution in [0.1, 0.15) is 37.3 Å². The third kappa shape index (κ3) is 3.59. The second-order valence-electron chi connectivity index (χ2n) is 6.89. The number of nitrogens with one attached hydrogen (secondary N) is 1. The van der Waals surface area contributed by atoms with E-state index in [1.165, 1.54) is 0 Å². The SMILES string of the molecule is CCOc1ccc(S(=O)(=O)N2CCC(c3nnc4n3CCNC4)CC2)cc1. The van der Waals surface area contributed by atoms with Gasteiger partial charge >= 0.3 is 0 Å². The third-order valence-corrected chi connectivity index (χ3v) is 7.16. The zero-order valence-corrected chi connectivity index (χ0v) is 16.3. The van der Waals surface area contributed by atoms with Crippen LogP contribution in [0.4, 0.5) is 0 Å². The molecule has 0 spiro atoms. The van der Waals surface area contributed by atoms with Crippen molar-refractivity contribution in [1.82, 2.24) is 24.4 Å². The molecule has 3 heterocycles. The van der Waals surface area contributed by atoms with Crippen molar-refractivity contribution in [2.45, 2.75) is 43.7 Å². The summed E-state index contributed by atoms with van der Waals surface area (Å²) in [4.78, 5) is 0.315. The Morgan fingerprint density at radius 1 is 1.15 bits per heavy atom. The molecule has 2 aliphatic rings. The number of hydrogen-bond acceptors (Lipinski definition) is 6. The summed E-state index contributed by atoms with van der Waals surface area (Å²) in [5.74, 6) is 2.92. The lowest BCUT2D eigenvalue weighted by Crippen LogP contribution is -2.38. The molecule has 0 atom stereocenters. The van der Waals surface area contributed by atoms with Gasteiger partial charge in [-0.15, -0.1) is 10.2 Å². The molecular formula is C18H25N5O3S. The Bertz CT molecular complexity index is 886. The smallest absolute Gasteiger partial charge is 0.243 e. The predicted molar refractivity (Wildman–Crippen MR) is 100 cm³/mol. The summed E-state index contributed by atoms with van der Waals surface area (Å²) in [6.45, 7) is 6.00. The number of nitrogens with zero attached hydrogens (tertiary/aromatic N) is 4. The molecule has 146 valence electrons. The number of benzene rings is 1. The minimum atomic E-state index is -3.48. The first kappa shape index (κ1) is 18.4. The van der Waals surface area contributed by atoms with Crippen LogP contribution in [0.2, 0.25) is 0 Å². The fraction of sp³-hybridized carbons (Fsp3) is 0.556. The first-order valence-corrected chi connectivity index (χ1v) is 10.9. The van der Waals surface area contributed by atoms with Crippen LogP contribution in [-0.2, 0) is 23.1 Å². The van der Waals surface area contributed by atoms with Gasteiger partial charge in [0.2, 0.25) is 10.0 Å². The van der Waals surface area contributed by atoms with Crippen molar-refractivity contribution in [3.8, 4) is 5.75 Å². The van der Waals surface area contributed by atoms with Crippen LogP contribution in [0.25, 0.3) is 0 Å². The number of ether oxygens (including phenoxy) is 1. The van der Waals surface area contributed by atoms with Crippen LogP contribution in [0.3, 0.4) is 0 Å². The Morgan fingerprint density at radius 3 is 2.59 bits per heavy atom. The van der Waals surface area contributed by atoms with Gasteiger partial charge < -0.3 is 14.6 Å². The molecule has 9 heteroatoms. The number of hydrogen-bond donors (Lipinski definition) is 1. The maximum Gasteiger partial charge on any atom is 0.243 e. The van der Waals surface area contributed by atoms with E-state index in [-0.39, 0.29) is 5.92 Å². The van der Waals surface area contributed by atoms with Gasteiger partial charge in [0.25, 0.3) is 0 Å². The Morgan fingerprint density at radius 2 is 1.89 bits per heavy atom. The minimum absolute atomic E-state index is 0.260. The van der Waals surface area contributed by atoms with Crippen LogP contribution < -0.4 is 10.1 Å². The van der Waals surface area contributed by atoms with E-state index in [9.17, 15) is 8.42 Å². The molecule has 0 aliphatic carbocycles. The van der Waals surface area contributed by atoms with Crippen LogP contribution in [0.5, 0.6) is 5.75 Å². The van der Waals surface area contributed by atoms with Gasteiger partial charge in [0, 0.05) is 32.1 Å². The first-order valence-electron chi connectivity index (χ1n) is 9.45.